The Kier molecular flexibility index (Phi) is 7.08. The van der Waals surface area contributed by atoms with Crippen molar-refractivity contribution in [2.45, 2.75) is 12.8 Å². The number of hydrogen-bond donors (Lipinski definition) is 2. The van der Waals surface area contributed by atoms with Crippen LogP contribution < -0.4 is 20.1 Å². The van der Waals surface area contributed by atoms with Gasteiger partial charge in [-0.15, -0.1) is 12.4 Å². The van der Waals surface area contributed by atoms with Crippen molar-refractivity contribution in [3.05, 3.63) is 17.2 Å². The lowest BCUT2D eigenvalue weighted by atomic mass is 9.99. The zero-order valence-corrected chi connectivity index (χ0v) is 13.6. The molecule has 7 heteroatoms. The third-order valence-electron chi connectivity index (χ3n) is 3.40. The Balaban J connectivity index is 0.00000220. The average molecular weight is 335 g/mol. The lowest BCUT2D eigenvalue weighted by Gasteiger charge is -2.22. The Morgan fingerprint density at radius 1 is 1.33 bits per heavy atom. The molecule has 0 spiro atoms. The fourth-order valence-electron chi connectivity index (χ4n) is 2.27. The Bertz CT molecular complexity index is 491. The summed E-state index contributed by atoms with van der Waals surface area (Å²) in [5.41, 5.74) is 0.573. The van der Waals surface area contributed by atoms with Crippen molar-refractivity contribution in [1.29, 1.82) is 0 Å². The van der Waals surface area contributed by atoms with Gasteiger partial charge in [0.05, 0.1) is 30.8 Å². The first-order valence-corrected chi connectivity index (χ1v) is 6.96. The number of carbonyl (C=O) groups excluding carboxylic acids is 1. The summed E-state index contributed by atoms with van der Waals surface area (Å²) in [5.74, 6) is 0.993. The van der Waals surface area contributed by atoms with E-state index in [0.29, 0.717) is 28.8 Å². The molecule has 21 heavy (non-hydrogen) atoms. The first-order chi connectivity index (χ1) is 9.65. The molecule has 118 valence electrons. The number of benzene rings is 1. The van der Waals surface area contributed by atoms with Gasteiger partial charge in [-0.2, -0.15) is 0 Å². The van der Waals surface area contributed by atoms with Gasteiger partial charge in [0, 0.05) is 18.7 Å². The molecule has 1 aliphatic heterocycles. The molecule has 2 rings (SSSR count). The monoisotopic (exact) mass is 334 g/mol. The number of halogens is 2. The fourth-order valence-corrected chi connectivity index (χ4v) is 2.50. The highest BCUT2D eigenvalue weighted by atomic mass is 35.5. The van der Waals surface area contributed by atoms with Crippen LogP contribution in [0.5, 0.6) is 11.5 Å². The van der Waals surface area contributed by atoms with E-state index < -0.39 is 0 Å². The van der Waals surface area contributed by atoms with Crippen LogP contribution in [0.3, 0.4) is 0 Å². The molecule has 0 aromatic heterocycles. The molecule has 0 bridgehead atoms. The van der Waals surface area contributed by atoms with Crippen LogP contribution in [0.2, 0.25) is 5.02 Å². The van der Waals surface area contributed by atoms with E-state index in [1.165, 1.54) is 14.2 Å². The highest BCUT2D eigenvalue weighted by Gasteiger charge is 2.22. The molecule has 1 atom stereocenters. The van der Waals surface area contributed by atoms with Gasteiger partial charge in [0.1, 0.15) is 11.5 Å². The highest BCUT2D eigenvalue weighted by molar-refractivity contribution is 6.32. The number of nitrogens with one attached hydrogen (secondary N) is 2. The van der Waals surface area contributed by atoms with Crippen LogP contribution in [-0.2, 0) is 4.79 Å². The van der Waals surface area contributed by atoms with Crippen molar-refractivity contribution >= 4 is 35.6 Å². The first-order valence-electron chi connectivity index (χ1n) is 6.58. The van der Waals surface area contributed by atoms with Gasteiger partial charge in [-0.25, -0.2) is 0 Å². The van der Waals surface area contributed by atoms with Gasteiger partial charge in [-0.05, 0) is 19.4 Å². The van der Waals surface area contributed by atoms with Crippen molar-refractivity contribution in [2.24, 2.45) is 5.92 Å². The van der Waals surface area contributed by atoms with E-state index in [4.69, 9.17) is 21.1 Å². The Hall–Kier alpha value is -1.17. The van der Waals surface area contributed by atoms with Crippen LogP contribution in [0, 0.1) is 5.92 Å². The minimum atomic E-state index is -0.0184. The number of piperidine rings is 1. The van der Waals surface area contributed by atoms with E-state index in [9.17, 15) is 4.79 Å². The number of methoxy groups -OCH3 is 2. The molecule has 1 saturated heterocycles. The summed E-state index contributed by atoms with van der Waals surface area (Å²) < 4.78 is 10.4. The minimum absolute atomic E-state index is 0. The van der Waals surface area contributed by atoms with Gasteiger partial charge in [0.2, 0.25) is 5.91 Å². The highest BCUT2D eigenvalue weighted by Crippen LogP contribution is 2.36. The van der Waals surface area contributed by atoms with Crippen molar-refractivity contribution in [3.8, 4) is 11.5 Å². The van der Waals surface area contributed by atoms with Crippen LogP contribution in [-0.4, -0.2) is 33.2 Å². The number of anilines is 1. The predicted molar refractivity (Wildman–Crippen MR) is 86.0 cm³/mol. The molecule has 5 nitrogen and oxygen atoms in total. The van der Waals surface area contributed by atoms with Crippen molar-refractivity contribution in [2.75, 3.05) is 32.6 Å². The van der Waals surface area contributed by atoms with Gasteiger partial charge in [-0.1, -0.05) is 11.6 Å². The Morgan fingerprint density at radius 3 is 2.62 bits per heavy atom. The zero-order chi connectivity index (χ0) is 14.5. The maximum Gasteiger partial charge on any atom is 0.228 e. The molecule has 0 aliphatic carbocycles. The molecular formula is C14H20Cl2N2O3. The second kappa shape index (κ2) is 8.32. The van der Waals surface area contributed by atoms with Crippen LogP contribution in [0.4, 0.5) is 5.69 Å². The van der Waals surface area contributed by atoms with Gasteiger partial charge >= 0.3 is 0 Å². The molecule has 2 N–H and O–H groups in total. The van der Waals surface area contributed by atoms with E-state index in [1.54, 1.807) is 12.1 Å². The topological polar surface area (TPSA) is 59.6 Å². The summed E-state index contributed by atoms with van der Waals surface area (Å²) in [4.78, 5) is 12.2. The molecule has 1 aliphatic rings. The number of ether oxygens (including phenoxy) is 2. The van der Waals surface area contributed by atoms with E-state index in [2.05, 4.69) is 10.6 Å². The van der Waals surface area contributed by atoms with Crippen LogP contribution in [0.15, 0.2) is 12.1 Å². The molecule has 1 aromatic rings. The summed E-state index contributed by atoms with van der Waals surface area (Å²) >= 11 is 6.04. The van der Waals surface area contributed by atoms with Gasteiger partial charge in [-0.3, -0.25) is 4.79 Å². The normalized spacial score (nSPS) is 17.6. The Morgan fingerprint density at radius 2 is 2.05 bits per heavy atom. The van der Waals surface area contributed by atoms with Crippen LogP contribution >= 0.6 is 24.0 Å². The zero-order valence-electron chi connectivity index (χ0n) is 12.1. The third-order valence-corrected chi connectivity index (χ3v) is 3.69. The van der Waals surface area contributed by atoms with Crippen LogP contribution in [0.25, 0.3) is 0 Å². The average Bonchev–Trinajstić information content (AvgIpc) is 2.49. The smallest absolute Gasteiger partial charge is 0.228 e. The lowest BCUT2D eigenvalue weighted by Crippen LogP contribution is -2.37. The number of amides is 1. The number of hydrogen-bond acceptors (Lipinski definition) is 4. The van der Waals surface area contributed by atoms with Gasteiger partial charge < -0.3 is 20.1 Å². The van der Waals surface area contributed by atoms with E-state index in [1.807, 2.05) is 0 Å². The molecule has 1 fully saturated rings. The van der Waals surface area contributed by atoms with E-state index in [-0.39, 0.29) is 24.2 Å². The predicted octanol–water partition coefficient (Wildman–Crippen LogP) is 2.72. The van der Waals surface area contributed by atoms with Crippen molar-refractivity contribution in [3.63, 3.8) is 0 Å². The SMILES string of the molecule is COc1cc(NC(=O)C2CCCNC2)c(OC)cc1Cl.Cl. The summed E-state index contributed by atoms with van der Waals surface area (Å²) in [6.45, 7) is 1.68. The molecule has 1 unspecified atom stereocenters. The Labute approximate surface area is 135 Å². The molecule has 1 heterocycles. The molecule has 1 aromatic carbocycles. The fraction of sp³-hybridized carbons (Fsp3) is 0.500. The van der Waals surface area contributed by atoms with Crippen molar-refractivity contribution in [1.82, 2.24) is 5.32 Å². The second-order valence-electron chi connectivity index (χ2n) is 4.72. The van der Waals surface area contributed by atoms with E-state index >= 15 is 0 Å². The third kappa shape index (κ3) is 4.40. The van der Waals surface area contributed by atoms with E-state index in [0.717, 1.165) is 19.4 Å². The lowest BCUT2D eigenvalue weighted by molar-refractivity contribution is -0.120. The summed E-state index contributed by atoms with van der Waals surface area (Å²) in [7, 11) is 3.07. The van der Waals surface area contributed by atoms with Crippen LogP contribution in [0.1, 0.15) is 12.8 Å². The molecule has 1 amide bonds. The maximum absolute atomic E-state index is 12.2. The molecule has 0 saturated carbocycles. The van der Waals surface area contributed by atoms with Gasteiger partial charge in [0.25, 0.3) is 0 Å². The standard InChI is InChI=1S/C14H19ClN2O3.ClH/c1-19-12-7-11(13(20-2)6-10(12)15)17-14(18)9-4-3-5-16-8-9;/h6-7,9,16H,3-5,8H2,1-2H3,(H,17,18);1H. The summed E-state index contributed by atoms with van der Waals surface area (Å²) in [6, 6.07) is 3.31. The summed E-state index contributed by atoms with van der Waals surface area (Å²) in [6.07, 6.45) is 1.91. The van der Waals surface area contributed by atoms with Gasteiger partial charge in [0.15, 0.2) is 0 Å². The minimum Gasteiger partial charge on any atom is -0.495 e. The largest absolute Gasteiger partial charge is 0.495 e. The summed E-state index contributed by atoms with van der Waals surface area (Å²) in [5, 5.41) is 6.56. The first kappa shape index (κ1) is 17.9. The quantitative estimate of drug-likeness (QED) is 0.888. The molecule has 0 radical (unpaired) electrons. The second-order valence-corrected chi connectivity index (χ2v) is 5.13. The molecular weight excluding hydrogens is 315 g/mol. The van der Waals surface area contributed by atoms with Crippen molar-refractivity contribution < 1.29 is 14.3 Å². The number of carbonyl (C=O) groups is 1. The number of rotatable bonds is 4. The maximum atomic E-state index is 12.2.